The number of nitrogens with two attached hydrogens (primary N) is 1. The summed E-state index contributed by atoms with van der Waals surface area (Å²) >= 11 is 1.22. The predicted octanol–water partition coefficient (Wildman–Crippen LogP) is 3.40. The van der Waals surface area contributed by atoms with Crippen molar-refractivity contribution in [1.82, 2.24) is 15.3 Å². The number of hydrogen-bond acceptors (Lipinski definition) is 7. The number of benzene rings is 2. The summed E-state index contributed by atoms with van der Waals surface area (Å²) in [7, 11) is 0. The summed E-state index contributed by atoms with van der Waals surface area (Å²) in [6, 6.07) is 15.3. The Kier molecular flexibility index (Phi) is 4.62. The monoisotopic (exact) mass is 391 g/mol. The standard InChI is InChI=1S/C20H17N5O2S/c1-2-22-18(26)15-10-14-17(23-20(21)24-19(14)28-15)16(25-27)13-8-7-11-5-3-4-6-12(11)9-13/h3-10,27H,2H2,1H3,(H,22,26)(H2,21,23,24)/b25-16-. The molecule has 140 valence electrons. The minimum absolute atomic E-state index is 0.0498. The fourth-order valence-electron chi connectivity index (χ4n) is 3.06. The van der Waals surface area contributed by atoms with Crippen LogP contribution in [0.5, 0.6) is 0 Å². The van der Waals surface area contributed by atoms with Crippen LogP contribution in [0.2, 0.25) is 0 Å². The number of nitrogens with one attached hydrogen (secondary N) is 1. The third-order valence-electron chi connectivity index (χ3n) is 4.32. The molecule has 2 aromatic heterocycles. The minimum Gasteiger partial charge on any atom is -0.410 e. The third-order valence-corrected chi connectivity index (χ3v) is 5.35. The molecule has 0 fully saturated rings. The Hall–Kier alpha value is -3.52. The smallest absolute Gasteiger partial charge is 0.261 e. The molecule has 4 aromatic rings. The Bertz CT molecular complexity index is 1230. The molecule has 0 radical (unpaired) electrons. The molecule has 0 aliphatic heterocycles. The molecule has 0 saturated heterocycles. The third kappa shape index (κ3) is 3.14. The molecule has 0 aliphatic carbocycles. The fraction of sp³-hybridized carbons (Fsp3) is 0.100. The SMILES string of the molecule is CCNC(=O)c1cc2c(/C(=N\O)c3ccc4ccccc4c3)nc(N)nc2s1. The normalized spacial score (nSPS) is 11.8. The van der Waals surface area contributed by atoms with E-state index in [1.165, 1.54) is 11.3 Å². The van der Waals surface area contributed by atoms with Gasteiger partial charge in [0, 0.05) is 17.5 Å². The van der Waals surface area contributed by atoms with Crippen LogP contribution in [0.1, 0.15) is 27.9 Å². The van der Waals surface area contributed by atoms with E-state index >= 15 is 0 Å². The van der Waals surface area contributed by atoms with Crippen molar-refractivity contribution in [2.24, 2.45) is 5.16 Å². The lowest BCUT2D eigenvalue weighted by Crippen LogP contribution is -2.21. The fourth-order valence-corrected chi connectivity index (χ4v) is 4.01. The maximum Gasteiger partial charge on any atom is 0.261 e. The number of oxime groups is 1. The summed E-state index contributed by atoms with van der Waals surface area (Å²) in [6.45, 7) is 2.37. The lowest BCUT2D eigenvalue weighted by Gasteiger charge is -2.08. The van der Waals surface area contributed by atoms with Gasteiger partial charge in [0.25, 0.3) is 5.91 Å². The van der Waals surface area contributed by atoms with Gasteiger partial charge in [0.15, 0.2) is 0 Å². The first-order valence-electron chi connectivity index (χ1n) is 8.67. The zero-order chi connectivity index (χ0) is 19.7. The van der Waals surface area contributed by atoms with Crippen molar-refractivity contribution in [3.63, 3.8) is 0 Å². The van der Waals surface area contributed by atoms with E-state index in [9.17, 15) is 10.0 Å². The first-order valence-corrected chi connectivity index (χ1v) is 9.49. The number of amides is 1. The number of thiophene rings is 1. The summed E-state index contributed by atoms with van der Waals surface area (Å²) in [5.74, 6) is -0.142. The molecule has 2 heterocycles. The molecule has 0 aliphatic rings. The molecule has 4 N–H and O–H groups in total. The van der Waals surface area contributed by atoms with Gasteiger partial charge in [-0.15, -0.1) is 11.3 Å². The molecule has 8 heteroatoms. The van der Waals surface area contributed by atoms with Gasteiger partial charge in [0.2, 0.25) is 5.95 Å². The second-order valence-corrected chi connectivity index (χ2v) is 7.16. The first kappa shape index (κ1) is 17.9. The number of carbonyl (C=O) groups excluding carboxylic acids is 1. The Morgan fingerprint density at radius 1 is 1.18 bits per heavy atom. The summed E-state index contributed by atoms with van der Waals surface area (Å²) in [5.41, 5.74) is 7.21. The van der Waals surface area contributed by atoms with Gasteiger partial charge in [-0.05, 0) is 29.8 Å². The number of rotatable bonds is 4. The van der Waals surface area contributed by atoms with Gasteiger partial charge in [0.05, 0.1) is 4.88 Å². The van der Waals surface area contributed by atoms with Crippen molar-refractivity contribution in [3.8, 4) is 0 Å². The van der Waals surface area contributed by atoms with Crippen molar-refractivity contribution in [3.05, 3.63) is 64.7 Å². The molecule has 4 rings (SSSR count). The highest BCUT2D eigenvalue weighted by molar-refractivity contribution is 7.20. The Labute approximate surface area is 164 Å². The van der Waals surface area contributed by atoms with Gasteiger partial charge in [-0.1, -0.05) is 41.6 Å². The van der Waals surface area contributed by atoms with E-state index in [1.807, 2.05) is 49.4 Å². The number of anilines is 1. The summed E-state index contributed by atoms with van der Waals surface area (Å²) in [5, 5.41) is 18.7. The van der Waals surface area contributed by atoms with Crippen LogP contribution in [0.3, 0.4) is 0 Å². The molecule has 0 atom stereocenters. The van der Waals surface area contributed by atoms with Crippen molar-refractivity contribution in [1.29, 1.82) is 0 Å². The number of aromatic nitrogens is 2. The van der Waals surface area contributed by atoms with E-state index in [0.717, 1.165) is 10.8 Å². The Balaban J connectivity index is 1.88. The van der Waals surface area contributed by atoms with Crippen LogP contribution in [-0.2, 0) is 0 Å². The van der Waals surface area contributed by atoms with Gasteiger partial charge in [-0.25, -0.2) is 9.97 Å². The first-order chi connectivity index (χ1) is 13.6. The number of nitrogens with zero attached hydrogens (tertiary/aromatic N) is 3. The second kappa shape index (κ2) is 7.24. The molecular weight excluding hydrogens is 374 g/mol. The summed E-state index contributed by atoms with van der Waals surface area (Å²) in [4.78, 5) is 21.8. The number of nitrogen functional groups attached to an aromatic ring is 1. The van der Waals surface area contributed by atoms with Crippen molar-refractivity contribution >= 4 is 49.9 Å². The number of hydrogen-bond donors (Lipinski definition) is 3. The largest absolute Gasteiger partial charge is 0.410 e. The molecule has 1 amide bonds. The van der Waals surface area contributed by atoms with E-state index in [-0.39, 0.29) is 17.6 Å². The van der Waals surface area contributed by atoms with Gasteiger partial charge in [-0.3, -0.25) is 4.79 Å². The van der Waals surface area contributed by atoms with Gasteiger partial charge >= 0.3 is 0 Å². The zero-order valence-electron chi connectivity index (χ0n) is 15.0. The van der Waals surface area contributed by atoms with Crippen LogP contribution in [0.15, 0.2) is 53.7 Å². The van der Waals surface area contributed by atoms with E-state index in [0.29, 0.717) is 32.9 Å². The van der Waals surface area contributed by atoms with E-state index in [1.54, 1.807) is 6.07 Å². The molecular formula is C20H17N5O2S. The molecule has 0 bridgehead atoms. The highest BCUT2D eigenvalue weighted by Crippen LogP contribution is 2.29. The van der Waals surface area contributed by atoms with Crippen LogP contribution in [0.4, 0.5) is 5.95 Å². The van der Waals surface area contributed by atoms with Crippen LogP contribution in [0.25, 0.3) is 21.0 Å². The summed E-state index contributed by atoms with van der Waals surface area (Å²) in [6.07, 6.45) is 0. The maximum atomic E-state index is 12.2. The second-order valence-electron chi connectivity index (χ2n) is 6.13. The van der Waals surface area contributed by atoms with Gasteiger partial charge < -0.3 is 16.3 Å². The highest BCUT2D eigenvalue weighted by Gasteiger charge is 2.20. The predicted molar refractivity (Wildman–Crippen MR) is 111 cm³/mol. The lowest BCUT2D eigenvalue weighted by molar-refractivity contribution is 0.0960. The van der Waals surface area contributed by atoms with Crippen molar-refractivity contribution < 1.29 is 10.0 Å². The quantitative estimate of drug-likeness (QED) is 0.280. The summed E-state index contributed by atoms with van der Waals surface area (Å²) < 4.78 is 0. The number of fused-ring (bicyclic) bond motifs is 2. The van der Waals surface area contributed by atoms with Crippen LogP contribution in [-0.4, -0.2) is 33.3 Å². The molecule has 2 aromatic carbocycles. The van der Waals surface area contributed by atoms with Gasteiger partial charge in [-0.2, -0.15) is 0 Å². The van der Waals surface area contributed by atoms with Crippen LogP contribution in [0, 0.1) is 0 Å². The Morgan fingerprint density at radius 3 is 2.71 bits per heavy atom. The minimum atomic E-state index is -0.191. The molecule has 7 nitrogen and oxygen atoms in total. The van der Waals surface area contributed by atoms with E-state index in [2.05, 4.69) is 20.4 Å². The topological polar surface area (TPSA) is 113 Å². The van der Waals surface area contributed by atoms with Crippen LogP contribution >= 0.6 is 11.3 Å². The molecule has 0 spiro atoms. The van der Waals surface area contributed by atoms with E-state index in [4.69, 9.17) is 5.73 Å². The molecule has 0 unspecified atom stereocenters. The average molecular weight is 391 g/mol. The van der Waals surface area contributed by atoms with Crippen molar-refractivity contribution in [2.75, 3.05) is 12.3 Å². The average Bonchev–Trinajstić information content (AvgIpc) is 3.13. The van der Waals surface area contributed by atoms with Crippen molar-refractivity contribution in [2.45, 2.75) is 6.92 Å². The Morgan fingerprint density at radius 2 is 1.96 bits per heavy atom. The zero-order valence-corrected chi connectivity index (χ0v) is 15.8. The molecule has 0 saturated carbocycles. The van der Waals surface area contributed by atoms with Gasteiger partial charge in [0.1, 0.15) is 16.2 Å². The van der Waals surface area contributed by atoms with E-state index < -0.39 is 0 Å². The lowest BCUT2D eigenvalue weighted by atomic mass is 10.0. The van der Waals surface area contributed by atoms with Crippen LogP contribution < -0.4 is 11.1 Å². The highest BCUT2D eigenvalue weighted by atomic mass is 32.1. The molecule has 28 heavy (non-hydrogen) atoms. The maximum absolute atomic E-state index is 12.2. The number of carbonyl (C=O) groups is 1.